The van der Waals surface area contributed by atoms with Crippen molar-refractivity contribution in [3.63, 3.8) is 0 Å². The van der Waals surface area contributed by atoms with Gasteiger partial charge >= 0.3 is 0 Å². The summed E-state index contributed by atoms with van der Waals surface area (Å²) in [6.45, 7) is 5.66. The second kappa shape index (κ2) is 9.00. The third-order valence-electron chi connectivity index (χ3n) is 4.46. The van der Waals surface area contributed by atoms with E-state index in [0.29, 0.717) is 11.4 Å². The van der Waals surface area contributed by atoms with Crippen LogP contribution in [0.4, 0.5) is 11.4 Å². The van der Waals surface area contributed by atoms with E-state index in [4.69, 9.17) is 4.74 Å². The molecule has 0 aliphatic rings. The van der Waals surface area contributed by atoms with Gasteiger partial charge in [0.1, 0.15) is 5.75 Å². The number of anilines is 2. The van der Waals surface area contributed by atoms with Crippen LogP contribution in [-0.4, -0.2) is 20.9 Å². The Morgan fingerprint density at radius 3 is 2.13 bits per heavy atom. The third kappa shape index (κ3) is 5.61. The zero-order valence-electron chi connectivity index (χ0n) is 17.1. The minimum absolute atomic E-state index is 0.107. The molecule has 0 radical (unpaired) electrons. The summed E-state index contributed by atoms with van der Waals surface area (Å²) in [4.78, 5) is 12.2. The van der Waals surface area contributed by atoms with E-state index in [0.717, 1.165) is 22.4 Å². The number of amides is 1. The summed E-state index contributed by atoms with van der Waals surface area (Å²) in [7, 11) is -3.71. The highest BCUT2D eigenvalue weighted by molar-refractivity contribution is 7.92. The molecular weight excluding hydrogens is 400 g/mol. The lowest BCUT2D eigenvalue weighted by atomic mass is 10.1. The summed E-state index contributed by atoms with van der Waals surface area (Å²) in [6, 6.07) is 18.8. The molecule has 0 aromatic heterocycles. The Bertz CT molecular complexity index is 1140. The zero-order valence-corrected chi connectivity index (χ0v) is 17.9. The van der Waals surface area contributed by atoms with E-state index in [-0.39, 0.29) is 17.4 Å². The van der Waals surface area contributed by atoms with Crippen LogP contribution in [0.3, 0.4) is 0 Å². The third-order valence-corrected chi connectivity index (χ3v) is 5.86. The van der Waals surface area contributed by atoms with Crippen LogP contribution in [0.15, 0.2) is 71.6 Å². The topological polar surface area (TPSA) is 84.5 Å². The van der Waals surface area contributed by atoms with E-state index in [1.807, 2.05) is 51.1 Å². The normalized spacial score (nSPS) is 11.0. The van der Waals surface area contributed by atoms with E-state index in [1.165, 1.54) is 24.3 Å². The van der Waals surface area contributed by atoms with Crippen LogP contribution in [0, 0.1) is 20.8 Å². The minimum atomic E-state index is -3.71. The molecule has 0 saturated carbocycles. The molecule has 0 heterocycles. The number of sulfonamides is 1. The first kappa shape index (κ1) is 21.4. The predicted molar refractivity (Wildman–Crippen MR) is 118 cm³/mol. The molecule has 6 nitrogen and oxygen atoms in total. The number of ether oxygens (including phenoxy) is 1. The summed E-state index contributed by atoms with van der Waals surface area (Å²) in [5, 5.41) is 2.80. The summed E-state index contributed by atoms with van der Waals surface area (Å²) < 4.78 is 33.0. The first-order valence-corrected chi connectivity index (χ1v) is 10.9. The van der Waals surface area contributed by atoms with Crippen molar-refractivity contribution in [2.45, 2.75) is 25.7 Å². The Hall–Kier alpha value is -3.32. The van der Waals surface area contributed by atoms with Gasteiger partial charge in [0, 0.05) is 11.4 Å². The number of rotatable bonds is 7. The molecular formula is C23H24N2O4S. The van der Waals surface area contributed by atoms with E-state index >= 15 is 0 Å². The van der Waals surface area contributed by atoms with Crippen molar-refractivity contribution in [1.29, 1.82) is 0 Å². The monoisotopic (exact) mass is 424 g/mol. The molecule has 0 aliphatic carbocycles. The number of benzene rings is 3. The van der Waals surface area contributed by atoms with Gasteiger partial charge < -0.3 is 10.1 Å². The lowest BCUT2D eigenvalue weighted by Gasteiger charge is -2.11. The van der Waals surface area contributed by atoms with Gasteiger partial charge in [-0.05, 0) is 68.8 Å². The molecule has 3 aromatic rings. The molecule has 3 rings (SSSR count). The maximum Gasteiger partial charge on any atom is 0.262 e. The fourth-order valence-electron chi connectivity index (χ4n) is 2.84. The molecule has 0 bridgehead atoms. The molecule has 0 fully saturated rings. The first-order chi connectivity index (χ1) is 14.2. The highest BCUT2D eigenvalue weighted by atomic mass is 32.2. The highest BCUT2D eigenvalue weighted by Crippen LogP contribution is 2.20. The van der Waals surface area contributed by atoms with E-state index < -0.39 is 10.0 Å². The fraction of sp³-hybridized carbons (Fsp3) is 0.174. The van der Waals surface area contributed by atoms with Crippen molar-refractivity contribution in [1.82, 2.24) is 0 Å². The van der Waals surface area contributed by atoms with Crippen molar-refractivity contribution in [2.24, 2.45) is 0 Å². The molecule has 156 valence electrons. The van der Waals surface area contributed by atoms with Gasteiger partial charge in [-0.1, -0.05) is 35.4 Å². The second-order valence-corrected chi connectivity index (χ2v) is 8.78. The Labute approximate surface area is 177 Å². The van der Waals surface area contributed by atoms with Crippen molar-refractivity contribution in [3.05, 3.63) is 83.4 Å². The number of hydrogen-bond acceptors (Lipinski definition) is 4. The van der Waals surface area contributed by atoms with Crippen LogP contribution < -0.4 is 14.8 Å². The molecule has 0 saturated heterocycles. The van der Waals surface area contributed by atoms with E-state index in [2.05, 4.69) is 10.0 Å². The van der Waals surface area contributed by atoms with Gasteiger partial charge in [0.05, 0.1) is 4.90 Å². The molecule has 0 aliphatic heterocycles. The maximum absolute atomic E-state index is 12.5. The van der Waals surface area contributed by atoms with Crippen molar-refractivity contribution in [3.8, 4) is 5.75 Å². The largest absolute Gasteiger partial charge is 0.484 e. The molecule has 3 aromatic carbocycles. The van der Waals surface area contributed by atoms with E-state index in [9.17, 15) is 13.2 Å². The molecule has 30 heavy (non-hydrogen) atoms. The number of aryl methyl sites for hydroxylation is 3. The number of nitrogens with one attached hydrogen (secondary N) is 2. The van der Waals surface area contributed by atoms with E-state index in [1.54, 1.807) is 12.1 Å². The zero-order chi connectivity index (χ0) is 21.7. The lowest BCUT2D eigenvalue weighted by Crippen LogP contribution is -2.20. The molecule has 0 atom stereocenters. The maximum atomic E-state index is 12.5. The SMILES string of the molecule is Cc1ccc(NS(=O)(=O)c2ccc(OCC(=O)Nc3ccc(C)cc3C)cc2)cc1. The van der Waals surface area contributed by atoms with Crippen LogP contribution in [0.25, 0.3) is 0 Å². The summed E-state index contributed by atoms with van der Waals surface area (Å²) in [5.41, 5.74) is 4.36. The van der Waals surface area contributed by atoms with Crippen LogP contribution in [0.2, 0.25) is 0 Å². The number of carbonyl (C=O) groups excluding carboxylic acids is 1. The van der Waals surface area contributed by atoms with Crippen molar-refractivity contribution >= 4 is 27.3 Å². The Morgan fingerprint density at radius 1 is 0.867 bits per heavy atom. The van der Waals surface area contributed by atoms with Crippen molar-refractivity contribution in [2.75, 3.05) is 16.6 Å². The van der Waals surface area contributed by atoms with Crippen molar-refractivity contribution < 1.29 is 17.9 Å². The number of hydrogen-bond donors (Lipinski definition) is 2. The summed E-state index contributed by atoms with van der Waals surface area (Å²) >= 11 is 0. The highest BCUT2D eigenvalue weighted by Gasteiger charge is 2.14. The summed E-state index contributed by atoms with van der Waals surface area (Å²) in [6.07, 6.45) is 0. The standard InChI is InChI=1S/C23H24N2O4S/c1-16-4-7-19(8-5-16)25-30(27,28)21-11-9-20(10-12-21)29-15-23(26)24-22-13-6-17(2)14-18(22)3/h4-14,25H,15H2,1-3H3,(H,24,26). The Balaban J connectivity index is 1.58. The van der Waals surface area contributed by atoms with Gasteiger partial charge in [0.25, 0.3) is 15.9 Å². The van der Waals surface area contributed by atoms with Crippen LogP contribution >= 0.6 is 0 Å². The van der Waals surface area contributed by atoms with Crippen LogP contribution in [-0.2, 0) is 14.8 Å². The molecule has 7 heteroatoms. The minimum Gasteiger partial charge on any atom is -0.484 e. The molecule has 0 spiro atoms. The Morgan fingerprint density at radius 2 is 1.50 bits per heavy atom. The fourth-order valence-corrected chi connectivity index (χ4v) is 3.90. The average Bonchev–Trinajstić information content (AvgIpc) is 2.70. The predicted octanol–water partition coefficient (Wildman–Crippen LogP) is 4.43. The van der Waals surface area contributed by atoms with Crippen LogP contribution in [0.1, 0.15) is 16.7 Å². The smallest absolute Gasteiger partial charge is 0.262 e. The van der Waals surface area contributed by atoms with Gasteiger partial charge in [-0.25, -0.2) is 8.42 Å². The molecule has 0 unspecified atom stereocenters. The number of carbonyl (C=O) groups is 1. The van der Waals surface area contributed by atoms with Crippen LogP contribution in [0.5, 0.6) is 5.75 Å². The first-order valence-electron chi connectivity index (χ1n) is 9.42. The Kier molecular flexibility index (Phi) is 6.42. The van der Waals surface area contributed by atoms with Gasteiger partial charge in [0.15, 0.2) is 6.61 Å². The van der Waals surface area contributed by atoms with Gasteiger partial charge in [-0.15, -0.1) is 0 Å². The average molecular weight is 425 g/mol. The van der Waals surface area contributed by atoms with Gasteiger partial charge in [0.2, 0.25) is 0 Å². The molecule has 1 amide bonds. The lowest BCUT2D eigenvalue weighted by molar-refractivity contribution is -0.118. The second-order valence-electron chi connectivity index (χ2n) is 7.10. The molecule has 2 N–H and O–H groups in total. The van der Waals surface area contributed by atoms with Gasteiger partial charge in [-0.3, -0.25) is 9.52 Å². The quantitative estimate of drug-likeness (QED) is 0.588. The van der Waals surface area contributed by atoms with Gasteiger partial charge in [-0.2, -0.15) is 0 Å². The summed E-state index contributed by atoms with van der Waals surface area (Å²) in [5.74, 6) is 0.111.